The van der Waals surface area contributed by atoms with Gasteiger partial charge in [0.05, 0.1) is 0 Å². The van der Waals surface area contributed by atoms with Crippen molar-refractivity contribution in [3.63, 3.8) is 0 Å². The monoisotopic (exact) mass is 138 g/mol. The molecular weight excluding hydrogens is 124 g/mol. The summed E-state index contributed by atoms with van der Waals surface area (Å²) in [6, 6.07) is 0. The lowest BCUT2D eigenvalue weighted by Gasteiger charge is -2.11. The smallest absolute Gasteiger partial charge is 0.0355 e. The molecule has 0 aliphatic carbocycles. The van der Waals surface area contributed by atoms with Gasteiger partial charge in [0.2, 0.25) is 0 Å². The molecule has 56 valence electrons. The number of allylic oxidation sites excluding steroid dienone is 3. The first kappa shape index (κ1) is 8.82. The average molecular weight is 138 g/mol. The van der Waals surface area contributed by atoms with E-state index in [9.17, 15) is 0 Å². The molecule has 0 amide bonds. The lowest BCUT2D eigenvalue weighted by atomic mass is 10.3. The van der Waals surface area contributed by atoms with Crippen molar-refractivity contribution in [2.24, 2.45) is 5.73 Å². The van der Waals surface area contributed by atoms with Crippen LogP contribution in [-0.2, 0) is 0 Å². The second-order valence-corrected chi connectivity index (χ2v) is 2.07. The molecule has 2 N–H and O–H groups in total. The third-order valence-corrected chi connectivity index (χ3v) is 1.10. The summed E-state index contributed by atoms with van der Waals surface area (Å²) < 4.78 is 0. The highest BCUT2D eigenvalue weighted by molar-refractivity contribution is 5.19. The van der Waals surface area contributed by atoms with Crippen molar-refractivity contribution in [2.45, 2.75) is 0 Å². The van der Waals surface area contributed by atoms with Crippen LogP contribution in [0.1, 0.15) is 0 Å². The predicted octanol–water partition coefficient (Wildman–Crippen LogP) is 1.09. The van der Waals surface area contributed by atoms with Crippen LogP contribution < -0.4 is 5.73 Å². The molecular formula is C8H14N2. The molecule has 0 saturated carbocycles. The van der Waals surface area contributed by atoms with Gasteiger partial charge in [0.1, 0.15) is 0 Å². The highest BCUT2D eigenvalue weighted by Gasteiger charge is 1.88. The van der Waals surface area contributed by atoms with Crippen LogP contribution in [0.3, 0.4) is 0 Å². The highest BCUT2D eigenvalue weighted by atomic mass is 15.1. The maximum absolute atomic E-state index is 5.15. The Kier molecular flexibility index (Phi) is 4.12. The maximum atomic E-state index is 5.15. The van der Waals surface area contributed by atoms with Gasteiger partial charge in [0, 0.05) is 19.8 Å². The Morgan fingerprint density at radius 2 is 2.10 bits per heavy atom. The van der Waals surface area contributed by atoms with Crippen LogP contribution in [-0.4, -0.2) is 19.0 Å². The van der Waals surface area contributed by atoms with Crippen molar-refractivity contribution >= 4 is 0 Å². The first-order chi connectivity index (χ1) is 4.72. The number of likely N-dealkylation sites (N-methyl/N-ethyl adjacent to an activating group) is 1. The largest absolute Gasteiger partial charge is 0.405 e. The fourth-order valence-electron chi connectivity index (χ4n) is 0.554. The SMILES string of the molecule is C=C/C(=C\C=C\N)N(C)C. The van der Waals surface area contributed by atoms with Crippen molar-refractivity contribution in [1.29, 1.82) is 0 Å². The van der Waals surface area contributed by atoms with Crippen LogP contribution in [0, 0.1) is 0 Å². The van der Waals surface area contributed by atoms with Crippen LogP contribution in [0.2, 0.25) is 0 Å². The first-order valence-electron chi connectivity index (χ1n) is 3.10. The number of rotatable bonds is 3. The highest BCUT2D eigenvalue weighted by Crippen LogP contribution is 1.98. The molecule has 0 aromatic rings. The Morgan fingerprint density at radius 3 is 2.40 bits per heavy atom. The number of nitrogens with two attached hydrogens (primary N) is 1. The summed E-state index contributed by atoms with van der Waals surface area (Å²) in [6.07, 6.45) is 6.94. The summed E-state index contributed by atoms with van der Waals surface area (Å²) in [5, 5.41) is 0. The maximum Gasteiger partial charge on any atom is 0.0355 e. The summed E-state index contributed by atoms with van der Waals surface area (Å²) >= 11 is 0. The summed E-state index contributed by atoms with van der Waals surface area (Å²) in [7, 11) is 3.91. The molecule has 0 unspecified atom stereocenters. The Balaban J connectivity index is 4.18. The third kappa shape index (κ3) is 2.97. The van der Waals surface area contributed by atoms with Gasteiger partial charge >= 0.3 is 0 Å². The van der Waals surface area contributed by atoms with E-state index in [4.69, 9.17) is 5.73 Å². The van der Waals surface area contributed by atoms with E-state index in [1.165, 1.54) is 6.20 Å². The van der Waals surface area contributed by atoms with Crippen molar-refractivity contribution in [3.8, 4) is 0 Å². The van der Waals surface area contributed by atoms with Crippen molar-refractivity contribution in [1.82, 2.24) is 4.90 Å². The lowest BCUT2D eigenvalue weighted by Crippen LogP contribution is -2.08. The molecule has 0 bridgehead atoms. The van der Waals surface area contributed by atoms with E-state index < -0.39 is 0 Å². The molecule has 0 aromatic carbocycles. The number of nitrogens with zero attached hydrogens (tertiary/aromatic N) is 1. The minimum absolute atomic E-state index is 1.04. The van der Waals surface area contributed by atoms with E-state index in [1.54, 1.807) is 12.2 Å². The molecule has 0 aliphatic rings. The molecule has 0 fully saturated rings. The molecule has 0 heterocycles. The predicted molar refractivity (Wildman–Crippen MR) is 45.3 cm³/mol. The van der Waals surface area contributed by atoms with Crippen molar-refractivity contribution < 1.29 is 0 Å². The fourth-order valence-corrected chi connectivity index (χ4v) is 0.554. The van der Waals surface area contributed by atoms with Crippen molar-refractivity contribution in [2.75, 3.05) is 14.1 Å². The van der Waals surface area contributed by atoms with Gasteiger partial charge in [-0.15, -0.1) is 0 Å². The van der Waals surface area contributed by atoms with E-state index in [-0.39, 0.29) is 0 Å². The van der Waals surface area contributed by atoms with Gasteiger partial charge in [-0.3, -0.25) is 0 Å². The molecule has 0 atom stereocenters. The number of hydrogen-bond donors (Lipinski definition) is 1. The van der Waals surface area contributed by atoms with Crippen LogP contribution in [0.4, 0.5) is 0 Å². The zero-order valence-electron chi connectivity index (χ0n) is 6.54. The molecule has 0 aliphatic heterocycles. The molecule has 0 radical (unpaired) electrons. The molecule has 2 nitrogen and oxygen atoms in total. The van der Waals surface area contributed by atoms with Crippen LogP contribution in [0.15, 0.2) is 36.7 Å². The summed E-state index contributed by atoms with van der Waals surface area (Å²) in [5.41, 5.74) is 6.20. The van der Waals surface area contributed by atoms with Gasteiger partial charge in [0.25, 0.3) is 0 Å². The number of hydrogen-bond acceptors (Lipinski definition) is 2. The van der Waals surface area contributed by atoms with E-state index in [0.29, 0.717) is 0 Å². The van der Waals surface area contributed by atoms with Crippen LogP contribution in [0.5, 0.6) is 0 Å². The Bertz CT molecular complexity index is 155. The molecule has 0 aromatic heterocycles. The van der Waals surface area contributed by atoms with E-state index in [1.807, 2.05) is 25.1 Å². The quantitative estimate of drug-likeness (QED) is 0.591. The summed E-state index contributed by atoms with van der Waals surface area (Å²) in [5.74, 6) is 0. The zero-order chi connectivity index (χ0) is 7.98. The van der Waals surface area contributed by atoms with Crippen molar-refractivity contribution in [3.05, 3.63) is 36.7 Å². The molecule has 0 spiro atoms. The summed E-state index contributed by atoms with van der Waals surface area (Å²) in [6.45, 7) is 3.65. The Labute approximate surface area is 62.3 Å². The second-order valence-electron chi connectivity index (χ2n) is 2.07. The van der Waals surface area contributed by atoms with Gasteiger partial charge in [-0.1, -0.05) is 6.58 Å². The minimum atomic E-state index is 1.04. The van der Waals surface area contributed by atoms with Gasteiger partial charge in [-0.25, -0.2) is 0 Å². The minimum Gasteiger partial charge on any atom is -0.405 e. The van der Waals surface area contributed by atoms with Crippen LogP contribution >= 0.6 is 0 Å². The summed E-state index contributed by atoms with van der Waals surface area (Å²) in [4.78, 5) is 1.97. The molecule has 2 heteroatoms. The molecule has 10 heavy (non-hydrogen) atoms. The van der Waals surface area contributed by atoms with E-state index in [0.717, 1.165) is 5.70 Å². The molecule has 0 rings (SSSR count). The fraction of sp³-hybridized carbons (Fsp3) is 0.250. The second kappa shape index (κ2) is 4.68. The van der Waals surface area contributed by atoms with Gasteiger partial charge < -0.3 is 10.6 Å². The zero-order valence-corrected chi connectivity index (χ0v) is 6.54. The Morgan fingerprint density at radius 1 is 1.50 bits per heavy atom. The van der Waals surface area contributed by atoms with Crippen LogP contribution in [0.25, 0.3) is 0 Å². The third-order valence-electron chi connectivity index (χ3n) is 1.10. The van der Waals surface area contributed by atoms with Gasteiger partial charge in [-0.2, -0.15) is 0 Å². The molecule has 0 saturated heterocycles. The topological polar surface area (TPSA) is 29.3 Å². The van der Waals surface area contributed by atoms with Gasteiger partial charge in [0.15, 0.2) is 0 Å². The Hall–Kier alpha value is -1.18. The average Bonchev–Trinajstić information content (AvgIpc) is 1.89. The lowest BCUT2D eigenvalue weighted by molar-refractivity contribution is 0.530. The normalized spacial score (nSPS) is 12.0. The van der Waals surface area contributed by atoms with E-state index in [2.05, 4.69) is 6.58 Å². The standard InChI is InChI=1S/C8H14N2/c1-4-8(10(2)3)6-5-7-9/h4-7H,1,9H2,2-3H3/b7-5+,8-6+. The first-order valence-corrected chi connectivity index (χ1v) is 3.10. The van der Waals surface area contributed by atoms with E-state index >= 15 is 0 Å². The van der Waals surface area contributed by atoms with Gasteiger partial charge in [-0.05, 0) is 24.4 Å².